The molecule has 5 nitrogen and oxygen atoms in total. The van der Waals surface area contributed by atoms with E-state index in [9.17, 15) is 9.18 Å². The number of benzene rings is 1. The van der Waals surface area contributed by atoms with E-state index in [2.05, 4.69) is 15.6 Å². The van der Waals surface area contributed by atoms with Crippen LogP contribution in [0.5, 0.6) is 5.75 Å². The summed E-state index contributed by atoms with van der Waals surface area (Å²) in [5, 5.41) is 5.71. The van der Waals surface area contributed by atoms with Crippen LogP contribution in [0, 0.1) is 5.82 Å². The quantitative estimate of drug-likeness (QED) is 0.879. The monoisotopic (exact) mass is 273 g/mol. The molecule has 1 amide bonds. The normalized spacial score (nSPS) is 16.6. The predicted molar refractivity (Wildman–Crippen MR) is 72.2 cm³/mol. The Labute approximate surface area is 114 Å². The van der Waals surface area contributed by atoms with Gasteiger partial charge in [-0.15, -0.1) is 0 Å². The number of carbonyl (C=O) groups is 1. The molecule has 102 valence electrons. The van der Waals surface area contributed by atoms with Crippen LogP contribution in [0.15, 0.2) is 42.6 Å². The first-order valence-corrected chi connectivity index (χ1v) is 6.14. The molecule has 20 heavy (non-hydrogen) atoms. The highest BCUT2D eigenvalue weighted by Crippen LogP contribution is 2.28. The van der Waals surface area contributed by atoms with E-state index >= 15 is 0 Å². The van der Waals surface area contributed by atoms with Gasteiger partial charge in [-0.2, -0.15) is 0 Å². The van der Waals surface area contributed by atoms with Gasteiger partial charge in [0.05, 0.1) is 18.4 Å². The lowest BCUT2D eigenvalue weighted by Crippen LogP contribution is -2.41. The molecule has 0 saturated heterocycles. The molecular formula is C14H12FN3O2. The van der Waals surface area contributed by atoms with Crippen molar-refractivity contribution in [3.63, 3.8) is 0 Å². The summed E-state index contributed by atoms with van der Waals surface area (Å²) in [4.78, 5) is 15.8. The fourth-order valence-corrected chi connectivity index (χ4v) is 1.92. The van der Waals surface area contributed by atoms with Crippen molar-refractivity contribution in [2.45, 2.75) is 6.10 Å². The summed E-state index contributed by atoms with van der Waals surface area (Å²) in [5.41, 5.74) is 0.858. The van der Waals surface area contributed by atoms with Gasteiger partial charge >= 0.3 is 0 Å². The van der Waals surface area contributed by atoms with Gasteiger partial charge in [-0.3, -0.25) is 4.79 Å². The van der Waals surface area contributed by atoms with Gasteiger partial charge in [-0.05, 0) is 24.3 Å². The van der Waals surface area contributed by atoms with Crippen molar-refractivity contribution in [2.75, 3.05) is 17.2 Å². The number of amides is 1. The number of rotatable bonds is 2. The van der Waals surface area contributed by atoms with Gasteiger partial charge < -0.3 is 15.4 Å². The van der Waals surface area contributed by atoms with Gasteiger partial charge in [0.15, 0.2) is 6.10 Å². The number of pyridine rings is 1. The minimum Gasteiger partial charge on any atom is -0.477 e. The minimum absolute atomic E-state index is 0.291. The molecule has 0 aliphatic carbocycles. The van der Waals surface area contributed by atoms with Gasteiger partial charge in [0.25, 0.3) is 5.91 Å². The Balaban J connectivity index is 1.68. The standard InChI is InChI=1S/C14H12FN3O2/c15-9-5-6-13(17-7-9)18-14(19)12-8-16-10-3-1-2-4-11(10)20-12/h1-7,12,16H,8H2,(H,17,18,19). The fraction of sp³-hybridized carbons (Fsp3) is 0.143. The molecule has 0 radical (unpaired) electrons. The summed E-state index contributed by atoms with van der Waals surface area (Å²) >= 11 is 0. The summed E-state index contributed by atoms with van der Waals surface area (Å²) in [6.45, 7) is 0.365. The number of nitrogens with zero attached hydrogens (tertiary/aromatic N) is 1. The number of carbonyl (C=O) groups excluding carboxylic acids is 1. The molecule has 6 heteroatoms. The second-order valence-electron chi connectivity index (χ2n) is 4.33. The number of aromatic nitrogens is 1. The highest BCUT2D eigenvalue weighted by Gasteiger charge is 2.25. The zero-order chi connectivity index (χ0) is 13.9. The maximum Gasteiger partial charge on any atom is 0.268 e. The molecule has 1 unspecified atom stereocenters. The van der Waals surface area contributed by atoms with Crippen LogP contribution in [0.4, 0.5) is 15.9 Å². The van der Waals surface area contributed by atoms with Crippen molar-refractivity contribution in [3.8, 4) is 5.75 Å². The topological polar surface area (TPSA) is 63.2 Å². The van der Waals surface area contributed by atoms with E-state index in [1.54, 1.807) is 6.07 Å². The maximum absolute atomic E-state index is 12.7. The van der Waals surface area contributed by atoms with Gasteiger partial charge in [0.2, 0.25) is 0 Å². The van der Waals surface area contributed by atoms with Gasteiger partial charge in [0.1, 0.15) is 17.4 Å². The Kier molecular flexibility index (Phi) is 3.20. The smallest absolute Gasteiger partial charge is 0.268 e. The van der Waals surface area contributed by atoms with Crippen LogP contribution in [0.2, 0.25) is 0 Å². The van der Waals surface area contributed by atoms with Crippen molar-refractivity contribution in [1.29, 1.82) is 0 Å². The first-order valence-electron chi connectivity index (χ1n) is 6.14. The molecule has 3 rings (SSSR count). The van der Waals surface area contributed by atoms with Crippen molar-refractivity contribution < 1.29 is 13.9 Å². The lowest BCUT2D eigenvalue weighted by Gasteiger charge is -2.26. The number of halogens is 1. The van der Waals surface area contributed by atoms with Gasteiger partial charge in [-0.25, -0.2) is 9.37 Å². The largest absolute Gasteiger partial charge is 0.477 e. The first-order chi connectivity index (χ1) is 9.72. The zero-order valence-electron chi connectivity index (χ0n) is 10.5. The summed E-state index contributed by atoms with van der Waals surface area (Å²) in [6, 6.07) is 10.0. The van der Waals surface area contributed by atoms with E-state index in [1.807, 2.05) is 18.2 Å². The van der Waals surface area contributed by atoms with Crippen molar-refractivity contribution in [3.05, 3.63) is 48.4 Å². The fourth-order valence-electron chi connectivity index (χ4n) is 1.92. The average Bonchev–Trinajstić information content (AvgIpc) is 2.49. The minimum atomic E-state index is -0.656. The average molecular weight is 273 g/mol. The molecule has 1 atom stereocenters. The van der Waals surface area contributed by atoms with E-state index in [1.165, 1.54) is 12.1 Å². The number of fused-ring (bicyclic) bond motifs is 1. The number of ether oxygens (including phenoxy) is 1. The summed E-state index contributed by atoms with van der Waals surface area (Å²) < 4.78 is 18.3. The number of para-hydroxylation sites is 2. The molecule has 1 aromatic heterocycles. The Morgan fingerprint density at radius 1 is 1.35 bits per heavy atom. The summed E-state index contributed by atoms with van der Waals surface area (Å²) in [7, 11) is 0. The maximum atomic E-state index is 12.7. The van der Waals surface area contributed by atoms with E-state index < -0.39 is 11.9 Å². The summed E-state index contributed by atoms with van der Waals surface area (Å²) in [6.07, 6.45) is 0.391. The van der Waals surface area contributed by atoms with E-state index in [0.717, 1.165) is 11.9 Å². The number of hydrogen-bond acceptors (Lipinski definition) is 4. The third-order valence-electron chi connectivity index (χ3n) is 2.91. The third-order valence-corrected chi connectivity index (χ3v) is 2.91. The van der Waals surface area contributed by atoms with Crippen molar-refractivity contribution >= 4 is 17.4 Å². The molecule has 1 aromatic carbocycles. The van der Waals surface area contributed by atoms with Crippen molar-refractivity contribution in [1.82, 2.24) is 4.98 Å². The lowest BCUT2D eigenvalue weighted by atomic mass is 10.2. The Bertz CT molecular complexity index is 631. The van der Waals surface area contributed by atoms with Gasteiger partial charge in [0, 0.05) is 0 Å². The molecule has 0 bridgehead atoms. The van der Waals surface area contributed by atoms with Crippen molar-refractivity contribution in [2.24, 2.45) is 0 Å². The lowest BCUT2D eigenvalue weighted by molar-refractivity contribution is -0.122. The second-order valence-corrected chi connectivity index (χ2v) is 4.33. The molecule has 2 heterocycles. The molecular weight excluding hydrogens is 261 g/mol. The van der Waals surface area contributed by atoms with Crippen LogP contribution in [0.25, 0.3) is 0 Å². The van der Waals surface area contributed by atoms with Gasteiger partial charge in [-0.1, -0.05) is 12.1 Å². The van der Waals surface area contributed by atoms with Crippen LogP contribution >= 0.6 is 0 Å². The Morgan fingerprint density at radius 3 is 3.00 bits per heavy atom. The molecule has 2 N–H and O–H groups in total. The van der Waals surface area contributed by atoms with E-state index in [0.29, 0.717) is 18.1 Å². The number of hydrogen-bond donors (Lipinski definition) is 2. The highest BCUT2D eigenvalue weighted by molar-refractivity contribution is 5.94. The molecule has 0 spiro atoms. The van der Waals surface area contributed by atoms with Crippen LogP contribution < -0.4 is 15.4 Å². The molecule has 0 fully saturated rings. The SMILES string of the molecule is O=C(Nc1ccc(F)cn1)C1CNc2ccccc2O1. The van der Waals surface area contributed by atoms with E-state index in [-0.39, 0.29) is 5.91 Å². The van der Waals surface area contributed by atoms with E-state index in [4.69, 9.17) is 4.74 Å². The predicted octanol–water partition coefficient (Wildman–Crippen LogP) is 2.03. The van der Waals surface area contributed by atoms with Crippen LogP contribution in [-0.4, -0.2) is 23.5 Å². The van der Waals surface area contributed by atoms with Crippen LogP contribution in [-0.2, 0) is 4.79 Å². The summed E-state index contributed by atoms with van der Waals surface area (Å²) in [5.74, 6) is 0.142. The number of anilines is 2. The zero-order valence-corrected chi connectivity index (χ0v) is 10.5. The highest BCUT2D eigenvalue weighted by atomic mass is 19.1. The Hall–Kier alpha value is -2.63. The van der Waals surface area contributed by atoms with Crippen LogP contribution in [0.1, 0.15) is 0 Å². The molecule has 0 saturated carbocycles. The second kappa shape index (κ2) is 5.16. The Morgan fingerprint density at radius 2 is 2.20 bits per heavy atom. The number of nitrogens with one attached hydrogen (secondary N) is 2. The molecule has 1 aliphatic heterocycles. The first kappa shape index (κ1) is 12.4. The third kappa shape index (κ3) is 2.54. The molecule has 2 aromatic rings. The van der Waals surface area contributed by atoms with Crippen LogP contribution in [0.3, 0.4) is 0 Å². The molecule has 1 aliphatic rings.